The SMILES string of the molecule is Cc1nn(C)c(C)c1CCNC1CCC(C)C(C)C1. The molecule has 0 aromatic carbocycles. The van der Waals surface area contributed by atoms with E-state index in [9.17, 15) is 0 Å². The summed E-state index contributed by atoms with van der Waals surface area (Å²) >= 11 is 0. The first-order valence-corrected chi connectivity index (χ1v) is 7.71. The Bertz CT molecular complexity index is 422. The van der Waals surface area contributed by atoms with E-state index in [1.807, 2.05) is 11.7 Å². The van der Waals surface area contributed by atoms with Gasteiger partial charge in [-0.1, -0.05) is 13.8 Å². The number of nitrogens with one attached hydrogen (secondary N) is 1. The van der Waals surface area contributed by atoms with Crippen LogP contribution >= 0.6 is 0 Å². The molecule has 0 amide bonds. The Morgan fingerprint density at radius 2 is 1.95 bits per heavy atom. The molecule has 3 nitrogen and oxygen atoms in total. The van der Waals surface area contributed by atoms with E-state index in [1.54, 1.807) is 0 Å². The maximum Gasteiger partial charge on any atom is 0.0628 e. The van der Waals surface area contributed by atoms with Gasteiger partial charge in [-0.3, -0.25) is 4.68 Å². The molecule has 0 saturated heterocycles. The minimum absolute atomic E-state index is 0.725. The highest BCUT2D eigenvalue weighted by atomic mass is 15.3. The van der Waals surface area contributed by atoms with Gasteiger partial charge in [-0.25, -0.2) is 0 Å². The fourth-order valence-corrected chi connectivity index (χ4v) is 3.31. The highest BCUT2D eigenvalue weighted by molar-refractivity contribution is 5.24. The smallest absolute Gasteiger partial charge is 0.0628 e. The van der Waals surface area contributed by atoms with E-state index in [0.29, 0.717) is 0 Å². The summed E-state index contributed by atoms with van der Waals surface area (Å²) in [5, 5.41) is 8.23. The van der Waals surface area contributed by atoms with E-state index in [2.05, 4.69) is 38.1 Å². The fourth-order valence-electron chi connectivity index (χ4n) is 3.31. The predicted molar refractivity (Wildman–Crippen MR) is 80.4 cm³/mol. The molecule has 3 atom stereocenters. The molecular formula is C16H29N3. The summed E-state index contributed by atoms with van der Waals surface area (Å²) in [5.74, 6) is 1.77. The van der Waals surface area contributed by atoms with Crippen molar-refractivity contribution >= 4 is 0 Å². The molecule has 1 fully saturated rings. The van der Waals surface area contributed by atoms with Crippen molar-refractivity contribution < 1.29 is 0 Å². The Morgan fingerprint density at radius 3 is 2.53 bits per heavy atom. The second-order valence-electron chi connectivity index (χ2n) is 6.44. The van der Waals surface area contributed by atoms with Crippen molar-refractivity contribution in [3.05, 3.63) is 17.0 Å². The van der Waals surface area contributed by atoms with E-state index >= 15 is 0 Å². The minimum Gasteiger partial charge on any atom is -0.314 e. The Balaban J connectivity index is 1.81. The Hall–Kier alpha value is -0.830. The van der Waals surface area contributed by atoms with Crippen LogP contribution in [-0.2, 0) is 13.5 Å². The first-order valence-electron chi connectivity index (χ1n) is 7.71. The summed E-state index contributed by atoms with van der Waals surface area (Å²) in [7, 11) is 2.03. The van der Waals surface area contributed by atoms with E-state index in [1.165, 1.54) is 36.2 Å². The lowest BCUT2D eigenvalue weighted by atomic mass is 9.79. The van der Waals surface area contributed by atoms with Crippen molar-refractivity contribution in [2.75, 3.05) is 6.54 Å². The van der Waals surface area contributed by atoms with Gasteiger partial charge in [-0.05, 0) is 63.5 Å². The molecule has 2 rings (SSSR count). The summed E-state index contributed by atoms with van der Waals surface area (Å²) in [5.41, 5.74) is 3.92. The van der Waals surface area contributed by atoms with Crippen LogP contribution in [-0.4, -0.2) is 22.4 Å². The van der Waals surface area contributed by atoms with Gasteiger partial charge in [0.05, 0.1) is 5.69 Å². The quantitative estimate of drug-likeness (QED) is 0.905. The topological polar surface area (TPSA) is 29.9 Å². The van der Waals surface area contributed by atoms with Gasteiger partial charge < -0.3 is 5.32 Å². The van der Waals surface area contributed by atoms with Crippen molar-refractivity contribution in [2.24, 2.45) is 18.9 Å². The standard InChI is InChI=1S/C16H29N3/c1-11-6-7-15(10-12(11)2)17-9-8-16-13(3)18-19(5)14(16)4/h11-12,15,17H,6-10H2,1-5H3. The molecule has 3 heteroatoms. The van der Waals surface area contributed by atoms with Gasteiger partial charge in [0, 0.05) is 18.8 Å². The van der Waals surface area contributed by atoms with Gasteiger partial charge in [-0.2, -0.15) is 5.10 Å². The van der Waals surface area contributed by atoms with Crippen molar-refractivity contribution in [2.45, 2.75) is 59.4 Å². The Kier molecular flexibility index (Phi) is 4.67. The molecular weight excluding hydrogens is 234 g/mol. The predicted octanol–water partition coefficient (Wildman–Crippen LogP) is 2.99. The molecule has 3 unspecified atom stereocenters. The Labute approximate surface area is 117 Å². The molecule has 1 aromatic rings. The van der Waals surface area contributed by atoms with Crippen LogP contribution < -0.4 is 5.32 Å². The normalized spacial score (nSPS) is 27.7. The van der Waals surface area contributed by atoms with Crippen LogP contribution in [0.2, 0.25) is 0 Å². The van der Waals surface area contributed by atoms with Gasteiger partial charge in [0.1, 0.15) is 0 Å². The largest absolute Gasteiger partial charge is 0.314 e. The van der Waals surface area contributed by atoms with E-state index in [0.717, 1.165) is 30.8 Å². The van der Waals surface area contributed by atoms with Crippen LogP contribution in [0.3, 0.4) is 0 Å². The van der Waals surface area contributed by atoms with Crippen molar-refractivity contribution in [3.8, 4) is 0 Å². The van der Waals surface area contributed by atoms with E-state index < -0.39 is 0 Å². The molecule has 1 aliphatic rings. The summed E-state index contributed by atoms with van der Waals surface area (Å²) < 4.78 is 2.00. The van der Waals surface area contributed by atoms with Crippen molar-refractivity contribution in [1.82, 2.24) is 15.1 Å². The highest BCUT2D eigenvalue weighted by Crippen LogP contribution is 2.29. The maximum absolute atomic E-state index is 4.49. The molecule has 1 aromatic heterocycles. The zero-order chi connectivity index (χ0) is 14.0. The summed E-state index contributed by atoms with van der Waals surface area (Å²) in [6.07, 6.45) is 5.17. The summed E-state index contributed by atoms with van der Waals surface area (Å²) in [4.78, 5) is 0. The number of aromatic nitrogens is 2. The lowest BCUT2D eigenvalue weighted by Gasteiger charge is -2.32. The second kappa shape index (κ2) is 6.08. The second-order valence-corrected chi connectivity index (χ2v) is 6.44. The molecule has 1 heterocycles. The Morgan fingerprint density at radius 1 is 1.21 bits per heavy atom. The average Bonchev–Trinajstić information content (AvgIpc) is 2.60. The molecule has 108 valence electrons. The van der Waals surface area contributed by atoms with Crippen molar-refractivity contribution in [1.29, 1.82) is 0 Å². The van der Waals surface area contributed by atoms with Gasteiger partial charge in [0.25, 0.3) is 0 Å². The fraction of sp³-hybridized carbons (Fsp3) is 0.812. The first kappa shape index (κ1) is 14.6. The lowest BCUT2D eigenvalue weighted by Crippen LogP contribution is -2.37. The molecule has 0 aliphatic heterocycles. The van der Waals surface area contributed by atoms with E-state index in [-0.39, 0.29) is 0 Å². The molecule has 1 aliphatic carbocycles. The zero-order valence-corrected chi connectivity index (χ0v) is 13.2. The van der Waals surface area contributed by atoms with Crippen LogP contribution in [0.5, 0.6) is 0 Å². The maximum atomic E-state index is 4.49. The van der Waals surface area contributed by atoms with E-state index in [4.69, 9.17) is 0 Å². The van der Waals surface area contributed by atoms with Gasteiger partial charge in [-0.15, -0.1) is 0 Å². The molecule has 0 radical (unpaired) electrons. The van der Waals surface area contributed by atoms with Gasteiger partial charge >= 0.3 is 0 Å². The third kappa shape index (κ3) is 3.38. The number of hydrogen-bond acceptors (Lipinski definition) is 2. The highest BCUT2D eigenvalue weighted by Gasteiger charge is 2.23. The third-order valence-corrected chi connectivity index (χ3v) is 5.07. The lowest BCUT2D eigenvalue weighted by molar-refractivity contribution is 0.227. The van der Waals surface area contributed by atoms with Crippen LogP contribution in [0, 0.1) is 25.7 Å². The average molecular weight is 263 g/mol. The van der Waals surface area contributed by atoms with Crippen LogP contribution in [0.4, 0.5) is 0 Å². The minimum atomic E-state index is 0.725. The first-order chi connectivity index (χ1) is 8.99. The van der Waals surface area contributed by atoms with Crippen LogP contribution in [0.25, 0.3) is 0 Å². The van der Waals surface area contributed by atoms with Crippen molar-refractivity contribution in [3.63, 3.8) is 0 Å². The number of hydrogen-bond donors (Lipinski definition) is 1. The number of nitrogens with zero attached hydrogens (tertiary/aromatic N) is 2. The van der Waals surface area contributed by atoms with Crippen LogP contribution in [0.15, 0.2) is 0 Å². The van der Waals surface area contributed by atoms with Crippen LogP contribution in [0.1, 0.15) is 50.1 Å². The third-order valence-electron chi connectivity index (χ3n) is 5.07. The summed E-state index contributed by atoms with van der Waals surface area (Å²) in [6.45, 7) is 10.2. The monoisotopic (exact) mass is 263 g/mol. The molecule has 0 bridgehead atoms. The molecule has 19 heavy (non-hydrogen) atoms. The zero-order valence-electron chi connectivity index (χ0n) is 13.2. The van der Waals surface area contributed by atoms with Gasteiger partial charge in [0.15, 0.2) is 0 Å². The molecule has 1 N–H and O–H groups in total. The summed E-state index contributed by atoms with van der Waals surface area (Å²) in [6, 6.07) is 0.725. The molecule has 1 saturated carbocycles. The number of aryl methyl sites for hydroxylation is 2. The number of rotatable bonds is 4. The molecule has 0 spiro atoms. The van der Waals surface area contributed by atoms with Gasteiger partial charge in [0.2, 0.25) is 0 Å².